The van der Waals surface area contributed by atoms with Crippen LogP contribution in [0.15, 0.2) is 12.1 Å². The minimum Gasteiger partial charge on any atom is -0.384 e. The van der Waals surface area contributed by atoms with Crippen LogP contribution in [0.3, 0.4) is 0 Å². The number of nitrogens with zero attached hydrogens (tertiary/aromatic N) is 1. The van der Waals surface area contributed by atoms with Gasteiger partial charge in [-0.3, -0.25) is 5.41 Å². The van der Waals surface area contributed by atoms with Crippen LogP contribution in [0.25, 0.3) is 0 Å². The van der Waals surface area contributed by atoms with Crippen LogP contribution in [-0.4, -0.2) is 18.9 Å². The van der Waals surface area contributed by atoms with E-state index >= 15 is 0 Å². The fourth-order valence-corrected chi connectivity index (χ4v) is 1.84. The van der Waals surface area contributed by atoms with E-state index in [0.717, 1.165) is 12.1 Å². The summed E-state index contributed by atoms with van der Waals surface area (Å²) in [7, 11) is 0. The molecule has 1 aromatic rings. The Morgan fingerprint density at radius 3 is 2.17 bits per heavy atom. The van der Waals surface area contributed by atoms with Gasteiger partial charge in [0, 0.05) is 18.7 Å². The summed E-state index contributed by atoms with van der Waals surface area (Å²) in [5.41, 5.74) is 5.25. The van der Waals surface area contributed by atoms with Crippen molar-refractivity contribution in [3.05, 3.63) is 29.3 Å². The summed E-state index contributed by atoms with van der Waals surface area (Å²) in [6, 6.07) is 2.20. The van der Waals surface area contributed by atoms with Crippen LogP contribution in [0.2, 0.25) is 0 Å². The number of hydrogen-bond acceptors (Lipinski definition) is 2. The molecule has 0 aliphatic rings. The number of nitrogens with two attached hydrogens (primary N) is 1. The van der Waals surface area contributed by atoms with Gasteiger partial charge in [0.15, 0.2) is 0 Å². The van der Waals surface area contributed by atoms with Crippen LogP contribution in [-0.2, 0) is 0 Å². The Morgan fingerprint density at radius 1 is 1.33 bits per heavy atom. The number of nitrogens with one attached hydrogen (secondary N) is 1. The van der Waals surface area contributed by atoms with Gasteiger partial charge in [0.05, 0.1) is 0 Å². The number of nitrogen functional groups attached to an aromatic ring is 1. The molecular formula is C13H19F2N3. The lowest BCUT2D eigenvalue weighted by Gasteiger charge is -2.26. The SMILES string of the molecule is CCN(CC(C)C)c1c(F)cc(C(=N)N)cc1F. The second kappa shape index (κ2) is 5.80. The number of anilines is 1. The Bertz CT molecular complexity index is 421. The van der Waals surface area contributed by atoms with Gasteiger partial charge in [-0.05, 0) is 25.0 Å². The van der Waals surface area contributed by atoms with E-state index in [4.69, 9.17) is 11.1 Å². The van der Waals surface area contributed by atoms with Crippen molar-refractivity contribution in [2.45, 2.75) is 20.8 Å². The molecule has 3 N–H and O–H groups in total. The van der Waals surface area contributed by atoms with E-state index in [2.05, 4.69) is 0 Å². The molecule has 0 aliphatic heterocycles. The van der Waals surface area contributed by atoms with Gasteiger partial charge in [-0.1, -0.05) is 13.8 Å². The maximum atomic E-state index is 13.9. The molecule has 0 saturated heterocycles. The molecule has 100 valence electrons. The molecule has 0 aromatic heterocycles. The summed E-state index contributed by atoms with van der Waals surface area (Å²) in [5.74, 6) is -1.40. The molecule has 5 heteroatoms. The Balaban J connectivity index is 3.19. The highest BCUT2D eigenvalue weighted by molar-refractivity contribution is 5.95. The van der Waals surface area contributed by atoms with E-state index in [1.54, 1.807) is 4.90 Å². The third-order valence-corrected chi connectivity index (χ3v) is 2.61. The van der Waals surface area contributed by atoms with Gasteiger partial charge in [0.2, 0.25) is 0 Å². The normalized spacial score (nSPS) is 10.8. The van der Waals surface area contributed by atoms with Crippen molar-refractivity contribution in [2.75, 3.05) is 18.0 Å². The third-order valence-electron chi connectivity index (χ3n) is 2.61. The van der Waals surface area contributed by atoms with Crippen LogP contribution in [0.5, 0.6) is 0 Å². The van der Waals surface area contributed by atoms with Gasteiger partial charge in [-0.15, -0.1) is 0 Å². The van der Waals surface area contributed by atoms with Gasteiger partial charge in [-0.2, -0.15) is 0 Å². The molecular weight excluding hydrogens is 236 g/mol. The summed E-state index contributed by atoms with van der Waals surface area (Å²) in [6.45, 7) is 6.92. The fraction of sp³-hybridized carbons (Fsp3) is 0.462. The lowest BCUT2D eigenvalue weighted by atomic mass is 10.1. The standard InChI is InChI=1S/C13H19F2N3/c1-4-18(7-8(2)3)12-10(14)5-9(13(16)17)6-11(12)15/h5-6,8H,4,7H2,1-3H3,(H3,16,17). The molecule has 0 aliphatic carbocycles. The summed E-state index contributed by atoms with van der Waals surface area (Å²) in [4.78, 5) is 1.65. The molecule has 1 aromatic carbocycles. The first-order valence-corrected chi connectivity index (χ1v) is 5.95. The van der Waals surface area contributed by atoms with Crippen molar-refractivity contribution < 1.29 is 8.78 Å². The zero-order valence-corrected chi connectivity index (χ0v) is 10.9. The molecule has 0 bridgehead atoms. The summed E-state index contributed by atoms with van der Waals surface area (Å²) in [6.07, 6.45) is 0. The lowest BCUT2D eigenvalue weighted by Crippen LogP contribution is -2.29. The number of halogens is 2. The maximum Gasteiger partial charge on any atom is 0.150 e. The zero-order chi connectivity index (χ0) is 13.9. The second-order valence-corrected chi connectivity index (χ2v) is 4.63. The minimum atomic E-state index is -0.678. The molecule has 0 unspecified atom stereocenters. The number of hydrogen-bond donors (Lipinski definition) is 2. The van der Waals surface area contributed by atoms with E-state index < -0.39 is 11.6 Å². The molecule has 0 atom stereocenters. The quantitative estimate of drug-likeness (QED) is 0.628. The molecule has 3 nitrogen and oxygen atoms in total. The monoisotopic (exact) mass is 255 g/mol. The third kappa shape index (κ3) is 3.18. The molecule has 0 heterocycles. The summed E-state index contributed by atoms with van der Waals surface area (Å²) in [5, 5.41) is 7.20. The largest absolute Gasteiger partial charge is 0.384 e. The Kier molecular flexibility index (Phi) is 4.64. The number of amidine groups is 1. The Hall–Kier alpha value is -1.65. The Morgan fingerprint density at radius 2 is 1.83 bits per heavy atom. The van der Waals surface area contributed by atoms with E-state index in [1.165, 1.54) is 0 Å². The van der Waals surface area contributed by atoms with Crippen LogP contribution in [0, 0.1) is 23.0 Å². The van der Waals surface area contributed by atoms with Crippen molar-refractivity contribution in [3.63, 3.8) is 0 Å². The first kappa shape index (κ1) is 14.4. The van der Waals surface area contributed by atoms with Crippen molar-refractivity contribution in [2.24, 2.45) is 11.7 Å². The number of rotatable bonds is 5. The molecule has 0 radical (unpaired) electrons. The second-order valence-electron chi connectivity index (χ2n) is 4.63. The average Bonchev–Trinajstić information content (AvgIpc) is 2.25. The molecule has 0 spiro atoms. The van der Waals surface area contributed by atoms with E-state index in [9.17, 15) is 8.78 Å². The molecule has 0 fully saturated rings. The minimum absolute atomic E-state index is 0.0452. The van der Waals surface area contributed by atoms with Gasteiger partial charge in [0.1, 0.15) is 23.2 Å². The summed E-state index contributed by atoms with van der Waals surface area (Å²) < 4.78 is 27.8. The van der Waals surface area contributed by atoms with Crippen molar-refractivity contribution >= 4 is 11.5 Å². The van der Waals surface area contributed by atoms with E-state index in [-0.39, 0.29) is 17.1 Å². The summed E-state index contributed by atoms with van der Waals surface area (Å²) >= 11 is 0. The highest BCUT2D eigenvalue weighted by Crippen LogP contribution is 2.25. The van der Waals surface area contributed by atoms with Gasteiger partial charge < -0.3 is 10.6 Å². The van der Waals surface area contributed by atoms with Crippen molar-refractivity contribution in [1.29, 1.82) is 5.41 Å². The van der Waals surface area contributed by atoms with Crippen LogP contribution < -0.4 is 10.6 Å². The van der Waals surface area contributed by atoms with Crippen molar-refractivity contribution in [3.8, 4) is 0 Å². The lowest BCUT2D eigenvalue weighted by molar-refractivity contribution is 0.551. The predicted octanol–water partition coefficient (Wildman–Crippen LogP) is 2.73. The first-order chi connectivity index (χ1) is 8.36. The zero-order valence-electron chi connectivity index (χ0n) is 10.9. The topological polar surface area (TPSA) is 53.1 Å². The molecule has 0 saturated carbocycles. The molecule has 18 heavy (non-hydrogen) atoms. The van der Waals surface area contributed by atoms with E-state index in [1.807, 2.05) is 20.8 Å². The smallest absolute Gasteiger partial charge is 0.150 e. The van der Waals surface area contributed by atoms with Crippen LogP contribution in [0.1, 0.15) is 26.3 Å². The van der Waals surface area contributed by atoms with Crippen molar-refractivity contribution in [1.82, 2.24) is 0 Å². The van der Waals surface area contributed by atoms with Crippen LogP contribution in [0.4, 0.5) is 14.5 Å². The number of benzene rings is 1. The van der Waals surface area contributed by atoms with E-state index in [0.29, 0.717) is 19.0 Å². The maximum absolute atomic E-state index is 13.9. The highest BCUT2D eigenvalue weighted by atomic mass is 19.1. The average molecular weight is 255 g/mol. The molecule has 1 rings (SSSR count). The van der Waals surface area contributed by atoms with Crippen LogP contribution >= 0.6 is 0 Å². The predicted molar refractivity (Wildman–Crippen MR) is 70.1 cm³/mol. The van der Waals surface area contributed by atoms with Gasteiger partial charge >= 0.3 is 0 Å². The Labute approximate surface area is 106 Å². The fourth-order valence-electron chi connectivity index (χ4n) is 1.84. The van der Waals surface area contributed by atoms with Gasteiger partial charge in [0.25, 0.3) is 0 Å². The highest BCUT2D eigenvalue weighted by Gasteiger charge is 2.18. The first-order valence-electron chi connectivity index (χ1n) is 5.95. The van der Waals surface area contributed by atoms with Gasteiger partial charge in [-0.25, -0.2) is 8.78 Å². The molecule has 0 amide bonds.